The van der Waals surface area contributed by atoms with Crippen molar-refractivity contribution in [3.63, 3.8) is 0 Å². The molecule has 1 rings (SSSR count). The molecule has 3 heteroatoms. The molecule has 0 saturated carbocycles. The Balaban J connectivity index is 2.23. The van der Waals surface area contributed by atoms with E-state index < -0.39 is 0 Å². The molecule has 0 heterocycles. The first-order chi connectivity index (χ1) is 12.7. The van der Waals surface area contributed by atoms with Gasteiger partial charge < -0.3 is 0 Å². The van der Waals surface area contributed by atoms with Crippen LogP contribution in [0.25, 0.3) is 0 Å². The maximum Gasteiger partial charge on any atom is 0.268 e. The van der Waals surface area contributed by atoms with Gasteiger partial charge in [0.2, 0.25) is 0 Å². The minimum atomic E-state index is -0.0591. The van der Waals surface area contributed by atoms with E-state index in [9.17, 15) is 4.79 Å². The molecule has 0 saturated heterocycles. The third kappa shape index (κ3) is 9.38. The fourth-order valence-corrected chi connectivity index (χ4v) is 3.52. The summed E-state index contributed by atoms with van der Waals surface area (Å²) < 4.78 is 0. The zero-order chi connectivity index (χ0) is 19.0. The summed E-state index contributed by atoms with van der Waals surface area (Å²) in [6, 6.07) is 9.53. The maximum atomic E-state index is 12.5. The number of unbranched alkanes of at least 4 members (excludes halogenated alkanes) is 9. The third-order valence-electron chi connectivity index (χ3n) is 5.16. The Hall–Kier alpha value is -1.35. The van der Waals surface area contributed by atoms with Gasteiger partial charge in [0.1, 0.15) is 0 Å². The van der Waals surface area contributed by atoms with Crippen molar-refractivity contribution in [2.75, 3.05) is 0 Å². The molecule has 1 amide bonds. The number of carbonyl (C=O) groups is 1. The second-order valence-electron chi connectivity index (χ2n) is 7.49. The van der Waals surface area contributed by atoms with Gasteiger partial charge in [-0.2, -0.15) is 0 Å². The average molecular weight is 361 g/mol. The molecule has 0 aliphatic rings. The van der Waals surface area contributed by atoms with Crippen LogP contribution in [0, 0.1) is 0 Å². The van der Waals surface area contributed by atoms with E-state index >= 15 is 0 Å². The molecule has 1 unspecified atom stereocenters. The number of carbonyl (C=O) groups excluding carboxylic acids is 1. The van der Waals surface area contributed by atoms with Crippen molar-refractivity contribution in [2.45, 2.75) is 103 Å². The van der Waals surface area contributed by atoms with Crippen LogP contribution in [-0.4, -0.2) is 17.0 Å². The quantitative estimate of drug-likeness (QED) is 0.168. The minimum Gasteiger partial charge on any atom is -0.274 e. The topological polar surface area (TPSA) is 46.3 Å². The zero-order valence-electron chi connectivity index (χ0n) is 17.1. The Morgan fingerprint density at radius 3 is 1.88 bits per heavy atom. The lowest BCUT2D eigenvalue weighted by molar-refractivity contribution is 0.0653. The van der Waals surface area contributed by atoms with Crippen LogP contribution in [0.1, 0.15) is 108 Å². The van der Waals surface area contributed by atoms with Crippen molar-refractivity contribution < 1.29 is 4.79 Å². The van der Waals surface area contributed by atoms with Gasteiger partial charge in [-0.3, -0.25) is 9.80 Å². The number of hydrogen-bond acceptors (Lipinski definition) is 2. The van der Waals surface area contributed by atoms with Gasteiger partial charge >= 0.3 is 0 Å². The van der Waals surface area contributed by atoms with E-state index in [-0.39, 0.29) is 11.9 Å². The van der Waals surface area contributed by atoms with Crippen LogP contribution in [0.3, 0.4) is 0 Å². The molecule has 1 atom stereocenters. The average Bonchev–Trinajstić information content (AvgIpc) is 2.68. The molecule has 1 aromatic carbocycles. The van der Waals surface area contributed by atoms with E-state index in [4.69, 9.17) is 5.84 Å². The van der Waals surface area contributed by atoms with E-state index in [1.165, 1.54) is 62.8 Å². The molecule has 1 aromatic rings. The molecule has 0 radical (unpaired) electrons. The molecule has 0 aromatic heterocycles. The normalized spacial score (nSPS) is 12.1. The van der Waals surface area contributed by atoms with Crippen LogP contribution in [-0.2, 0) is 0 Å². The molecule has 0 spiro atoms. The fourth-order valence-electron chi connectivity index (χ4n) is 3.52. The fraction of sp³-hybridized carbons (Fsp3) is 0.696. The summed E-state index contributed by atoms with van der Waals surface area (Å²) in [4.78, 5) is 12.5. The highest BCUT2D eigenvalue weighted by molar-refractivity contribution is 5.93. The molecule has 0 aliphatic carbocycles. The maximum absolute atomic E-state index is 12.5. The first-order valence-electron chi connectivity index (χ1n) is 10.8. The van der Waals surface area contributed by atoms with Gasteiger partial charge in [0.25, 0.3) is 5.91 Å². The number of benzene rings is 1. The largest absolute Gasteiger partial charge is 0.274 e. The van der Waals surface area contributed by atoms with E-state index in [0.29, 0.717) is 5.56 Å². The van der Waals surface area contributed by atoms with E-state index in [2.05, 4.69) is 13.8 Å². The highest BCUT2D eigenvalue weighted by Gasteiger charge is 2.20. The first kappa shape index (κ1) is 22.7. The summed E-state index contributed by atoms with van der Waals surface area (Å²) in [5.74, 6) is 6.12. The summed E-state index contributed by atoms with van der Waals surface area (Å²) in [5, 5.41) is 1.48. The molecule has 0 aliphatic heterocycles. The van der Waals surface area contributed by atoms with E-state index in [0.717, 1.165) is 25.7 Å². The Bertz CT molecular complexity index is 461. The Kier molecular flexibility index (Phi) is 12.9. The molecule has 2 N–H and O–H groups in total. The highest BCUT2D eigenvalue weighted by Crippen LogP contribution is 2.17. The Morgan fingerprint density at radius 1 is 0.808 bits per heavy atom. The number of nitrogens with zero attached hydrogens (tertiary/aromatic N) is 1. The van der Waals surface area contributed by atoms with Gasteiger partial charge in [0, 0.05) is 11.6 Å². The monoisotopic (exact) mass is 360 g/mol. The van der Waals surface area contributed by atoms with Gasteiger partial charge in [-0.1, -0.05) is 103 Å². The van der Waals surface area contributed by atoms with Crippen molar-refractivity contribution >= 4 is 5.91 Å². The summed E-state index contributed by atoms with van der Waals surface area (Å²) in [6.45, 7) is 4.42. The minimum absolute atomic E-state index is 0.0591. The molecule has 0 bridgehead atoms. The lowest BCUT2D eigenvalue weighted by Gasteiger charge is -2.27. The Morgan fingerprint density at radius 2 is 1.35 bits per heavy atom. The second kappa shape index (κ2) is 14.8. The van der Waals surface area contributed by atoms with E-state index in [1.807, 2.05) is 30.3 Å². The molecule has 148 valence electrons. The standard InChI is InChI=1S/C23H40N2O/c1-3-5-6-7-8-9-10-11-12-16-20-22(17-4-2)25(24)23(26)21-18-14-13-15-19-21/h13-15,18-19,22H,3-12,16-17,20,24H2,1-2H3. The van der Waals surface area contributed by atoms with Gasteiger partial charge in [0.05, 0.1) is 0 Å². The molecule has 0 fully saturated rings. The van der Waals surface area contributed by atoms with Crippen LogP contribution in [0.2, 0.25) is 0 Å². The molecular weight excluding hydrogens is 320 g/mol. The molecule has 26 heavy (non-hydrogen) atoms. The third-order valence-corrected chi connectivity index (χ3v) is 5.16. The van der Waals surface area contributed by atoms with Crippen molar-refractivity contribution in [1.82, 2.24) is 5.01 Å². The number of amides is 1. The molecule has 3 nitrogen and oxygen atoms in total. The lowest BCUT2D eigenvalue weighted by Crippen LogP contribution is -2.45. The van der Waals surface area contributed by atoms with Crippen molar-refractivity contribution in [2.24, 2.45) is 5.84 Å². The van der Waals surface area contributed by atoms with Crippen LogP contribution >= 0.6 is 0 Å². The SMILES string of the molecule is CCCCCCCCCCCCC(CCC)N(N)C(=O)c1ccccc1. The van der Waals surface area contributed by atoms with Crippen LogP contribution in [0.15, 0.2) is 30.3 Å². The first-order valence-corrected chi connectivity index (χ1v) is 10.8. The number of hydrazine groups is 1. The van der Waals surface area contributed by atoms with Crippen molar-refractivity contribution in [1.29, 1.82) is 0 Å². The van der Waals surface area contributed by atoms with Crippen molar-refractivity contribution in [3.8, 4) is 0 Å². The molecular formula is C23H40N2O. The summed E-state index contributed by atoms with van der Waals surface area (Å²) in [5.41, 5.74) is 0.680. The smallest absolute Gasteiger partial charge is 0.268 e. The number of nitrogens with two attached hydrogens (primary N) is 1. The van der Waals surface area contributed by atoms with Crippen LogP contribution in [0.4, 0.5) is 0 Å². The van der Waals surface area contributed by atoms with E-state index in [1.54, 1.807) is 0 Å². The zero-order valence-corrected chi connectivity index (χ0v) is 17.1. The summed E-state index contributed by atoms with van der Waals surface area (Å²) in [6.07, 6.45) is 16.4. The lowest BCUT2D eigenvalue weighted by atomic mass is 10.0. The van der Waals surface area contributed by atoms with Gasteiger partial charge in [-0.15, -0.1) is 0 Å². The van der Waals surface area contributed by atoms with Crippen LogP contribution < -0.4 is 5.84 Å². The second-order valence-corrected chi connectivity index (χ2v) is 7.49. The Labute approximate surface area is 161 Å². The number of rotatable bonds is 15. The van der Waals surface area contributed by atoms with Gasteiger partial charge in [-0.05, 0) is 25.0 Å². The summed E-state index contributed by atoms with van der Waals surface area (Å²) in [7, 11) is 0. The predicted octanol–water partition coefficient (Wildman–Crippen LogP) is 6.48. The predicted molar refractivity (Wildman–Crippen MR) is 112 cm³/mol. The van der Waals surface area contributed by atoms with Crippen molar-refractivity contribution in [3.05, 3.63) is 35.9 Å². The van der Waals surface area contributed by atoms with Gasteiger partial charge in [-0.25, -0.2) is 5.84 Å². The van der Waals surface area contributed by atoms with Gasteiger partial charge in [0.15, 0.2) is 0 Å². The number of hydrogen-bond donors (Lipinski definition) is 1. The summed E-state index contributed by atoms with van der Waals surface area (Å²) >= 11 is 0. The van der Waals surface area contributed by atoms with Crippen LogP contribution in [0.5, 0.6) is 0 Å². The highest BCUT2D eigenvalue weighted by atomic mass is 16.2.